The molecule has 2 rings (SSSR count). The van der Waals surface area contributed by atoms with Crippen LogP contribution >= 0.6 is 0 Å². The predicted octanol–water partition coefficient (Wildman–Crippen LogP) is 3.07. The number of aliphatic carboxylic acids is 1. The molecule has 0 saturated carbocycles. The molecule has 1 aromatic carbocycles. The number of carboxylic acid groups (broad SMARTS) is 1. The van der Waals surface area contributed by atoms with Crippen molar-refractivity contribution in [2.24, 2.45) is 0 Å². The number of halogens is 2. The van der Waals surface area contributed by atoms with Gasteiger partial charge in [-0.3, -0.25) is 4.79 Å². The molecule has 0 spiro atoms. The molecule has 1 heterocycles. The Morgan fingerprint density at radius 3 is 2.39 bits per heavy atom. The van der Waals surface area contributed by atoms with E-state index in [0.717, 1.165) is 31.2 Å². The second-order valence-corrected chi connectivity index (χ2v) is 5.37. The van der Waals surface area contributed by atoms with Gasteiger partial charge in [-0.15, -0.1) is 0 Å². The van der Waals surface area contributed by atoms with E-state index in [4.69, 9.17) is 5.11 Å². The van der Waals surface area contributed by atoms with E-state index in [1.54, 1.807) is 12.1 Å². The molecule has 128 valence electrons. The first-order valence-electron chi connectivity index (χ1n) is 6.83. The molecule has 0 aromatic heterocycles. The molecule has 1 saturated heterocycles. The van der Waals surface area contributed by atoms with Gasteiger partial charge in [-0.05, 0) is 37.6 Å². The Morgan fingerprint density at radius 1 is 1.30 bits per heavy atom. The third-order valence-electron chi connectivity index (χ3n) is 3.43. The van der Waals surface area contributed by atoms with Gasteiger partial charge in [0.1, 0.15) is 0 Å². The first kappa shape index (κ1) is 20.9. The number of carbonyl (C=O) groups excluding carboxylic acids is 1. The Balaban J connectivity index is 0.000000469. The molecular formula is C17H23F2NO3. The van der Waals surface area contributed by atoms with Crippen LogP contribution in [0.5, 0.6) is 0 Å². The van der Waals surface area contributed by atoms with E-state index in [1.165, 1.54) is 6.92 Å². The van der Waals surface area contributed by atoms with E-state index in [9.17, 15) is 18.4 Å². The highest BCUT2D eigenvalue weighted by atomic mass is 19.2. The molecule has 4 nitrogen and oxygen atoms in total. The smallest absolute Gasteiger partial charge is 0.328 e. The molecular weight excluding hydrogens is 304 g/mol. The number of hydrogen-bond acceptors (Lipinski definition) is 3. The summed E-state index contributed by atoms with van der Waals surface area (Å²) in [5.74, 6) is -2.80. The molecule has 1 aromatic rings. The van der Waals surface area contributed by atoms with Gasteiger partial charge in [0.15, 0.2) is 17.4 Å². The molecule has 6 heteroatoms. The summed E-state index contributed by atoms with van der Waals surface area (Å²) in [6.07, 6.45) is 2.66. The topological polar surface area (TPSA) is 66.4 Å². The van der Waals surface area contributed by atoms with Gasteiger partial charge < -0.3 is 10.4 Å². The fourth-order valence-electron chi connectivity index (χ4n) is 2.21. The Morgan fingerprint density at radius 2 is 1.96 bits per heavy atom. The second kappa shape index (κ2) is 9.15. The van der Waals surface area contributed by atoms with Crippen LogP contribution < -0.4 is 5.32 Å². The van der Waals surface area contributed by atoms with Crippen LogP contribution in [0.25, 0.3) is 0 Å². The molecule has 0 aliphatic carbocycles. The average Bonchev–Trinajstić information content (AvgIpc) is 2.88. The molecule has 23 heavy (non-hydrogen) atoms. The van der Waals surface area contributed by atoms with E-state index in [0.29, 0.717) is 12.1 Å². The van der Waals surface area contributed by atoms with Crippen molar-refractivity contribution in [2.75, 3.05) is 13.1 Å². The number of hydrogen-bond donors (Lipinski definition) is 2. The minimum atomic E-state index is -1.10. The van der Waals surface area contributed by atoms with Crippen molar-refractivity contribution in [3.05, 3.63) is 47.5 Å². The van der Waals surface area contributed by atoms with Crippen LogP contribution in [0.2, 0.25) is 0 Å². The number of nitrogens with one attached hydrogen (secondary N) is 1. The third-order valence-corrected chi connectivity index (χ3v) is 3.43. The van der Waals surface area contributed by atoms with Crippen LogP contribution in [0.4, 0.5) is 8.78 Å². The highest BCUT2D eigenvalue weighted by Gasteiger charge is 2.33. The van der Waals surface area contributed by atoms with Crippen molar-refractivity contribution in [2.45, 2.75) is 33.1 Å². The molecule has 0 bridgehead atoms. The van der Waals surface area contributed by atoms with Crippen LogP contribution in [0.15, 0.2) is 30.4 Å². The van der Waals surface area contributed by atoms with E-state index in [1.807, 2.05) is 6.92 Å². The summed E-state index contributed by atoms with van der Waals surface area (Å²) in [6, 6.07) is 4.40. The lowest BCUT2D eigenvalue weighted by Gasteiger charge is -2.23. The van der Waals surface area contributed by atoms with Crippen LogP contribution in [-0.4, -0.2) is 29.9 Å². The molecule has 0 amide bonds. The molecule has 0 unspecified atom stereocenters. The minimum Gasteiger partial charge on any atom is -0.478 e. The van der Waals surface area contributed by atoms with E-state index < -0.39 is 17.6 Å². The summed E-state index contributed by atoms with van der Waals surface area (Å²) in [7, 11) is 0. The lowest BCUT2D eigenvalue weighted by molar-refractivity contribution is -0.131. The Kier molecular flexibility index (Phi) is 8.32. The van der Waals surface area contributed by atoms with Crippen LogP contribution in [0, 0.1) is 11.6 Å². The van der Waals surface area contributed by atoms with Crippen molar-refractivity contribution >= 4 is 11.8 Å². The average molecular weight is 327 g/mol. The lowest BCUT2D eigenvalue weighted by atomic mass is 9.81. The predicted molar refractivity (Wildman–Crippen MR) is 85.4 cm³/mol. The zero-order valence-corrected chi connectivity index (χ0v) is 12.5. The first-order chi connectivity index (χ1) is 10.3. The summed E-state index contributed by atoms with van der Waals surface area (Å²) < 4.78 is 26.5. The Labute approximate surface area is 135 Å². The van der Waals surface area contributed by atoms with Crippen molar-refractivity contribution < 1.29 is 23.5 Å². The van der Waals surface area contributed by atoms with Gasteiger partial charge in [0.2, 0.25) is 0 Å². The number of ketones is 1. The fraction of sp³-hybridized carbons (Fsp3) is 0.412. The zero-order chi connectivity index (χ0) is 16.8. The summed E-state index contributed by atoms with van der Waals surface area (Å²) in [4.78, 5) is 19.7. The third kappa shape index (κ3) is 6.28. The highest BCUT2D eigenvalue weighted by Crippen LogP contribution is 2.32. The van der Waals surface area contributed by atoms with Crippen molar-refractivity contribution in [1.29, 1.82) is 0 Å². The van der Waals surface area contributed by atoms with Gasteiger partial charge in [-0.25, -0.2) is 13.6 Å². The number of carbonyl (C=O) groups is 2. The summed E-state index contributed by atoms with van der Waals surface area (Å²) in [6.45, 7) is 4.84. The number of rotatable bonds is 3. The molecule has 1 aliphatic rings. The van der Waals surface area contributed by atoms with Gasteiger partial charge >= 0.3 is 5.97 Å². The summed E-state index contributed by atoms with van der Waals surface area (Å²) >= 11 is 0. The molecule has 0 radical (unpaired) electrons. The SMILES string of the molecule is C.CC(=O)/C=C/C(=O)O.C[C@]1(c2cccc(F)c2F)CCNC1. The van der Waals surface area contributed by atoms with Gasteiger partial charge in [-0.1, -0.05) is 26.5 Å². The standard InChI is InChI=1S/C11H13F2N.C5H6O3.CH4/c1-11(5-6-14-7-11)8-3-2-4-9(12)10(8)13;1-4(6)2-3-5(7)8;/h2-4,14H,5-7H2,1H3;2-3H,1H3,(H,7,8);1H4/b;3-2+;/t11-;;/m0../s1. The maximum Gasteiger partial charge on any atom is 0.328 e. The van der Waals surface area contributed by atoms with Crippen LogP contribution in [0.1, 0.15) is 33.3 Å². The van der Waals surface area contributed by atoms with Crippen molar-refractivity contribution in [3.8, 4) is 0 Å². The highest BCUT2D eigenvalue weighted by molar-refractivity contribution is 5.93. The normalized spacial score (nSPS) is 19.7. The molecule has 1 atom stereocenters. The van der Waals surface area contributed by atoms with Crippen LogP contribution in [0.3, 0.4) is 0 Å². The van der Waals surface area contributed by atoms with E-state index in [-0.39, 0.29) is 18.6 Å². The zero-order valence-electron chi connectivity index (χ0n) is 12.5. The Hall–Kier alpha value is -2.08. The largest absolute Gasteiger partial charge is 0.478 e. The van der Waals surface area contributed by atoms with Crippen molar-refractivity contribution in [1.82, 2.24) is 5.32 Å². The quantitative estimate of drug-likeness (QED) is 0.837. The second-order valence-electron chi connectivity index (χ2n) is 5.37. The monoisotopic (exact) mass is 327 g/mol. The number of benzene rings is 1. The number of allylic oxidation sites excluding steroid dienone is 1. The molecule has 2 N–H and O–H groups in total. The van der Waals surface area contributed by atoms with Gasteiger partial charge in [0.05, 0.1) is 0 Å². The van der Waals surface area contributed by atoms with Gasteiger partial charge in [0.25, 0.3) is 0 Å². The van der Waals surface area contributed by atoms with E-state index >= 15 is 0 Å². The number of carboxylic acids is 1. The maximum absolute atomic E-state index is 13.5. The van der Waals surface area contributed by atoms with Crippen molar-refractivity contribution in [3.63, 3.8) is 0 Å². The van der Waals surface area contributed by atoms with Crippen LogP contribution in [-0.2, 0) is 15.0 Å². The maximum atomic E-state index is 13.5. The first-order valence-corrected chi connectivity index (χ1v) is 6.83. The summed E-state index contributed by atoms with van der Waals surface area (Å²) in [5, 5.41) is 11.1. The van der Waals surface area contributed by atoms with Gasteiger partial charge in [0, 0.05) is 18.0 Å². The minimum absolute atomic E-state index is 0. The fourth-order valence-corrected chi connectivity index (χ4v) is 2.21. The lowest BCUT2D eigenvalue weighted by Crippen LogP contribution is -2.26. The molecule has 1 fully saturated rings. The molecule has 1 aliphatic heterocycles. The summed E-state index contributed by atoms with van der Waals surface area (Å²) in [5.41, 5.74) is 0.231. The van der Waals surface area contributed by atoms with Gasteiger partial charge in [-0.2, -0.15) is 0 Å². The van der Waals surface area contributed by atoms with E-state index in [2.05, 4.69) is 5.32 Å². The Bertz CT molecular complexity index is 563.